The number of carbonyl (C=O) groups excluding carboxylic acids is 1. The highest BCUT2D eigenvalue weighted by molar-refractivity contribution is 9.10. The van der Waals surface area contributed by atoms with E-state index in [9.17, 15) is 13.6 Å². The van der Waals surface area contributed by atoms with Gasteiger partial charge in [-0.25, -0.2) is 8.78 Å². The Morgan fingerprint density at radius 1 is 1.25 bits per heavy atom. The van der Waals surface area contributed by atoms with Crippen LogP contribution in [0.25, 0.3) is 0 Å². The highest BCUT2D eigenvalue weighted by Gasteiger charge is 2.16. The molecule has 0 heterocycles. The summed E-state index contributed by atoms with van der Waals surface area (Å²) < 4.78 is 26.8. The third kappa shape index (κ3) is 3.08. The molecule has 7 heteroatoms. The summed E-state index contributed by atoms with van der Waals surface area (Å²) in [5.74, 6) is -2.51. The quantitative estimate of drug-likeness (QED) is 0.835. The lowest BCUT2D eigenvalue weighted by Crippen LogP contribution is -2.14. The number of amides is 1. The molecule has 2 rings (SSSR count). The van der Waals surface area contributed by atoms with Crippen LogP contribution < -0.4 is 5.32 Å². The number of aromatic hydroxyl groups is 1. The van der Waals surface area contributed by atoms with Crippen LogP contribution in [0.15, 0.2) is 34.8 Å². The van der Waals surface area contributed by atoms with Gasteiger partial charge in [-0.1, -0.05) is 11.6 Å². The molecule has 0 spiro atoms. The number of nitrogens with one attached hydrogen (secondary N) is 1. The summed E-state index contributed by atoms with van der Waals surface area (Å²) in [5, 5.41) is 11.4. The topological polar surface area (TPSA) is 49.3 Å². The molecule has 0 aromatic heterocycles. The molecule has 0 atom stereocenters. The predicted octanol–water partition coefficient (Wildman–Crippen LogP) is 4.34. The van der Waals surface area contributed by atoms with Crippen molar-refractivity contribution in [3.05, 3.63) is 57.0 Å². The van der Waals surface area contributed by atoms with Gasteiger partial charge in [0.05, 0.1) is 16.3 Å². The van der Waals surface area contributed by atoms with Crippen molar-refractivity contribution in [1.82, 2.24) is 0 Å². The van der Waals surface area contributed by atoms with E-state index < -0.39 is 17.5 Å². The molecule has 2 aromatic rings. The van der Waals surface area contributed by atoms with Crippen LogP contribution in [0.5, 0.6) is 5.75 Å². The van der Waals surface area contributed by atoms with Crippen LogP contribution in [0.4, 0.5) is 14.5 Å². The smallest absolute Gasteiger partial charge is 0.258 e. The van der Waals surface area contributed by atoms with Crippen LogP contribution in [0.2, 0.25) is 5.02 Å². The maximum Gasteiger partial charge on any atom is 0.258 e. The first kappa shape index (κ1) is 14.7. The van der Waals surface area contributed by atoms with Gasteiger partial charge in [-0.15, -0.1) is 0 Å². The number of phenolic OH excluding ortho intramolecular Hbond substituents is 1. The number of rotatable bonds is 2. The van der Waals surface area contributed by atoms with Gasteiger partial charge in [-0.3, -0.25) is 4.79 Å². The van der Waals surface area contributed by atoms with Crippen LogP contribution >= 0.6 is 27.5 Å². The zero-order valence-corrected chi connectivity index (χ0v) is 12.1. The van der Waals surface area contributed by atoms with Crippen molar-refractivity contribution in [2.75, 3.05) is 5.32 Å². The Hall–Kier alpha value is -1.66. The summed E-state index contributed by atoms with van der Waals surface area (Å²) in [5.41, 5.74) is -0.138. The lowest BCUT2D eigenvalue weighted by atomic mass is 10.2. The van der Waals surface area contributed by atoms with Crippen LogP contribution in [-0.4, -0.2) is 11.0 Å². The molecule has 1 amide bonds. The number of hydrogen-bond acceptors (Lipinski definition) is 2. The Balaban J connectivity index is 2.33. The van der Waals surface area contributed by atoms with E-state index in [1.54, 1.807) is 0 Å². The summed E-state index contributed by atoms with van der Waals surface area (Å²) in [6, 6.07) is 5.27. The Morgan fingerprint density at radius 2 is 1.95 bits per heavy atom. The Labute approximate surface area is 126 Å². The maximum absolute atomic E-state index is 13.5. The fourth-order valence-electron chi connectivity index (χ4n) is 1.53. The van der Waals surface area contributed by atoms with Gasteiger partial charge >= 0.3 is 0 Å². The molecule has 0 unspecified atom stereocenters. The van der Waals surface area contributed by atoms with Gasteiger partial charge in [0.25, 0.3) is 5.91 Å². The van der Waals surface area contributed by atoms with Crippen molar-refractivity contribution in [1.29, 1.82) is 0 Å². The molecule has 104 valence electrons. The maximum atomic E-state index is 13.5. The van der Waals surface area contributed by atoms with Crippen molar-refractivity contribution in [2.24, 2.45) is 0 Å². The second-order valence-corrected chi connectivity index (χ2v) is 5.12. The minimum Gasteiger partial charge on any atom is -0.508 e. The average Bonchev–Trinajstić information content (AvgIpc) is 2.33. The first-order valence-electron chi connectivity index (χ1n) is 5.33. The molecule has 0 saturated heterocycles. The monoisotopic (exact) mass is 361 g/mol. The standard InChI is InChI=1S/C13H7BrClF2NO2/c14-9-3-6(16)4-10(15)12(9)18-13(20)8-2-1-7(19)5-11(8)17/h1-5,19H,(H,18,20). The van der Waals surface area contributed by atoms with E-state index in [1.165, 1.54) is 6.07 Å². The molecule has 0 aliphatic rings. The molecule has 0 bridgehead atoms. The zero-order valence-electron chi connectivity index (χ0n) is 9.75. The largest absolute Gasteiger partial charge is 0.508 e. The van der Waals surface area contributed by atoms with Crippen LogP contribution in [0.1, 0.15) is 10.4 Å². The molecule has 3 nitrogen and oxygen atoms in total. The normalized spacial score (nSPS) is 10.4. The van der Waals surface area contributed by atoms with Crippen molar-refractivity contribution in [3.63, 3.8) is 0 Å². The molecule has 0 fully saturated rings. The molecular weight excluding hydrogens is 356 g/mol. The van der Waals surface area contributed by atoms with Gasteiger partial charge < -0.3 is 10.4 Å². The molecule has 2 N–H and O–H groups in total. The van der Waals surface area contributed by atoms with Crippen molar-refractivity contribution in [3.8, 4) is 5.75 Å². The van der Waals surface area contributed by atoms with Gasteiger partial charge in [0, 0.05) is 10.5 Å². The SMILES string of the molecule is O=C(Nc1c(Cl)cc(F)cc1Br)c1ccc(O)cc1F. The molecule has 2 aromatic carbocycles. The summed E-state index contributed by atoms with van der Waals surface area (Å²) >= 11 is 8.87. The highest BCUT2D eigenvalue weighted by atomic mass is 79.9. The van der Waals surface area contributed by atoms with E-state index in [0.29, 0.717) is 0 Å². The van der Waals surface area contributed by atoms with Gasteiger partial charge in [-0.05, 0) is 40.2 Å². The number of halogens is 4. The Morgan fingerprint density at radius 3 is 2.55 bits per heavy atom. The predicted molar refractivity (Wildman–Crippen MR) is 75.1 cm³/mol. The number of anilines is 1. The van der Waals surface area contributed by atoms with Crippen LogP contribution in [0, 0.1) is 11.6 Å². The first-order valence-corrected chi connectivity index (χ1v) is 6.50. The molecule has 0 saturated carbocycles. The van der Waals surface area contributed by atoms with Gasteiger partial charge in [0.2, 0.25) is 0 Å². The number of phenols is 1. The van der Waals surface area contributed by atoms with Crippen LogP contribution in [0.3, 0.4) is 0 Å². The lowest BCUT2D eigenvalue weighted by molar-refractivity contribution is 0.102. The number of benzene rings is 2. The molecule has 0 radical (unpaired) electrons. The zero-order chi connectivity index (χ0) is 14.9. The van der Waals surface area contributed by atoms with Crippen molar-refractivity contribution >= 4 is 39.1 Å². The van der Waals surface area contributed by atoms with Gasteiger partial charge in [-0.2, -0.15) is 0 Å². The lowest BCUT2D eigenvalue weighted by Gasteiger charge is -2.10. The summed E-state index contributed by atoms with van der Waals surface area (Å²) in [7, 11) is 0. The Bertz CT molecular complexity index is 671. The summed E-state index contributed by atoms with van der Waals surface area (Å²) in [6.07, 6.45) is 0. The third-order valence-corrected chi connectivity index (χ3v) is 3.37. The van der Waals surface area contributed by atoms with Gasteiger partial charge in [0.1, 0.15) is 17.4 Å². The second-order valence-electron chi connectivity index (χ2n) is 3.86. The van der Waals surface area contributed by atoms with Crippen molar-refractivity contribution < 1.29 is 18.7 Å². The second kappa shape index (κ2) is 5.76. The molecule has 0 aliphatic heterocycles. The van der Waals surface area contributed by atoms with Gasteiger partial charge in [0.15, 0.2) is 0 Å². The van der Waals surface area contributed by atoms with E-state index in [0.717, 1.165) is 24.3 Å². The van der Waals surface area contributed by atoms with E-state index in [-0.39, 0.29) is 26.5 Å². The summed E-state index contributed by atoms with van der Waals surface area (Å²) in [4.78, 5) is 11.9. The van der Waals surface area contributed by atoms with E-state index >= 15 is 0 Å². The highest BCUT2D eigenvalue weighted by Crippen LogP contribution is 2.32. The Kier molecular flexibility index (Phi) is 4.25. The molecular formula is C13H7BrClF2NO2. The van der Waals surface area contributed by atoms with Crippen LogP contribution in [-0.2, 0) is 0 Å². The summed E-state index contributed by atoms with van der Waals surface area (Å²) in [6.45, 7) is 0. The minimum absolute atomic E-state index is 0.0237. The molecule has 0 aliphatic carbocycles. The van der Waals surface area contributed by atoms with Crippen molar-refractivity contribution in [2.45, 2.75) is 0 Å². The fraction of sp³-hybridized carbons (Fsp3) is 0. The van der Waals surface area contributed by atoms with E-state index in [4.69, 9.17) is 16.7 Å². The first-order chi connectivity index (χ1) is 9.38. The van der Waals surface area contributed by atoms with E-state index in [1.807, 2.05) is 0 Å². The average molecular weight is 363 g/mol. The number of hydrogen-bond donors (Lipinski definition) is 2. The van der Waals surface area contributed by atoms with E-state index in [2.05, 4.69) is 21.2 Å². The minimum atomic E-state index is -0.878. The number of carbonyl (C=O) groups is 1. The molecule has 20 heavy (non-hydrogen) atoms. The third-order valence-electron chi connectivity index (χ3n) is 2.44. The fourth-order valence-corrected chi connectivity index (χ4v) is 2.43.